The van der Waals surface area contributed by atoms with Gasteiger partial charge in [0.05, 0.1) is 0 Å². The van der Waals surface area contributed by atoms with Gasteiger partial charge in [-0.25, -0.2) is 0 Å². The van der Waals surface area contributed by atoms with Gasteiger partial charge in [0.1, 0.15) is 0 Å². The van der Waals surface area contributed by atoms with E-state index >= 15 is 0 Å². The first kappa shape index (κ1) is 20.2. The highest BCUT2D eigenvalue weighted by Crippen LogP contribution is 2.49. The van der Waals surface area contributed by atoms with Crippen molar-refractivity contribution < 1.29 is 4.79 Å². The lowest BCUT2D eigenvalue weighted by molar-refractivity contribution is 0.0934. The standard InChI is InChI=1S/C30H32O/c1-6-21-16-26-27(22-12-17(2)10-18(3)13-22)24-8-7-9-25(24)28(29(26)30(21)31)23-14-19(4)11-20(5)15-23/h10-15,21H,6-9,16H2,1-5H3. The van der Waals surface area contributed by atoms with Gasteiger partial charge in [-0.05, 0) is 98.7 Å². The predicted octanol–water partition coefficient (Wildman–Crippen LogP) is 7.51. The molecule has 0 aliphatic heterocycles. The number of carbonyl (C=O) groups is 1. The number of rotatable bonds is 3. The van der Waals surface area contributed by atoms with Gasteiger partial charge < -0.3 is 0 Å². The Hall–Kier alpha value is -2.67. The van der Waals surface area contributed by atoms with Crippen LogP contribution in [0.1, 0.15) is 69.1 Å². The van der Waals surface area contributed by atoms with Crippen molar-refractivity contribution in [2.75, 3.05) is 0 Å². The van der Waals surface area contributed by atoms with Gasteiger partial charge in [0.15, 0.2) is 5.78 Å². The Morgan fingerprint density at radius 3 is 1.68 bits per heavy atom. The molecule has 3 aromatic rings. The topological polar surface area (TPSA) is 17.1 Å². The molecule has 2 aliphatic rings. The van der Waals surface area contributed by atoms with Crippen molar-refractivity contribution in [3.8, 4) is 22.3 Å². The Labute approximate surface area is 186 Å². The lowest BCUT2D eigenvalue weighted by Crippen LogP contribution is -2.09. The number of fused-ring (bicyclic) bond motifs is 2. The Balaban J connectivity index is 1.89. The molecule has 0 amide bonds. The molecule has 1 unspecified atom stereocenters. The number of aryl methyl sites for hydroxylation is 4. The molecule has 0 saturated carbocycles. The molecule has 0 aromatic heterocycles. The maximum Gasteiger partial charge on any atom is 0.167 e. The molecule has 0 N–H and O–H groups in total. The summed E-state index contributed by atoms with van der Waals surface area (Å²) in [7, 11) is 0. The van der Waals surface area contributed by atoms with E-state index in [1.54, 1.807) is 0 Å². The monoisotopic (exact) mass is 408 g/mol. The Bertz CT molecular complexity index is 1190. The summed E-state index contributed by atoms with van der Waals surface area (Å²) in [5, 5.41) is 0. The Kier molecular flexibility index (Phi) is 4.88. The molecule has 1 heteroatoms. The van der Waals surface area contributed by atoms with Crippen LogP contribution in [0.3, 0.4) is 0 Å². The second-order valence-electron chi connectivity index (χ2n) is 9.84. The molecular formula is C30H32O. The summed E-state index contributed by atoms with van der Waals surface area (Å²) in [6.45, 7) is 10.9. The molecule has 0 heterocycles. The molecule has 0 fully saturated rings. The molecule has 31 heavy (non-hydrogen) atoms. The van der Waals surface area contributed by atoms with Crippen LogP contribution in [-0.2, 0) is 19.3 Å². The quantitative estimate of drug-likeness (QED) is 0.438. The van der Waals surface area contributed by atoms with Gasteiger partial charge >= 0.3 is 0 Å². The lowest BCUT2D eigenvalue weighted by atomic mass is 9.82. The van der Waals surface area contributed by atoms with Crippen LogP contribution in [-0.4, -0.2) is 5.78 Å². The third kappa shape index (κ3) is 3.26. The smallest absolute Gasteiger partial charge is 0.167 e. The van der Waals surface area contributed by atoms with Gasteiger partial charge in [-0.2, -0.15) is 0 Å². The molecular weight excluding hydrogens is 376 g/mol. The molecule has 158 valence electrons. The van der Waals surface area contributed by atoms with Gasteiger partial charge in [-0.15, -0.1) is 0 Å². The van der Waals surface area contributed by atoms with E-state index in [-0.39, 0.29) is 5.92 Å². The highest BCUT2D eigenvalue weighted by atomic mass is 16.1. The van der Waals surface area contributed by atoms with Gasteiger partial charge in [-0.3, -0.25) is 4.79 Å². The van der Waals surface area contributed by atoms with E-state index < -0.39 is 0 Å². The maximum atomic E-state index is 13.7. The maximum absolute atomic E-state index is 13.7. The first-order chi connectivity index (χ1) is 14.9. The van der Waals surface area contributed by atoms with E-state index in [1.165, 1.54) is 67.6 Å². The Morgan fingerprint density at radius 2 is 1.16 bits per heavy atom. The van der Waals surface area contributed by atoms with Gasteiger partial charge in [-0.1, -0.05) is 65.6 Å². The number of Topliss-reactive ketones (excluding diaryl/α,β-unsaturated/α-hetero) is 1. The molecule has 1 nitrogen and oxygen atoms in total. The largest absolute Gasteiger partial charge is 0.294 e. The number of hydrogen-bond donors (Lipinski definition) is 0. The van der Waals surface area contributed by atoms with E-state index in [0.717, 1.165) is 31.2 Å². The molecule has 3 aromatic carbocycles. The molecule has 2 aliphatic carbocycles. The minimum Gasteiger partial charge on any atom is -0.294 e. The van der Waals surface area contributed by atoms with E-state index in [0.29, 0.717) is 5.78 Å². The van der Waals surface area contributed by atoms with Crippen molar-refractivity contribution in [2.24, 2.45) is 5.92 Å². The summed E-state index contributed by atoms with van der Waals surface area (Å²) in [5.74, 6) is 0.485. The molecule has 0 saturated heterocycles. The van der Waals surface area contributed by atoms with Crippen molar-refractivity contribution in [2.45, 2.75) is 66.7 Å². The van der Waals surface area contributed by atoms with Crippen LogP contribution in [0.2, 0.25) is 0 Å². The van der Waals surface area contributed by atoms with Crippen LogP contribution in [0.4, 0.5) is 0 Å². The van der Waals surface area contributed by atoms with Crippen molar-refractivity contribution in [3.05, 3.63) is 80.9 Å². The third-order valence-electron chi connectivity index (χ3n) is 7.26. The number of carbonyl (C=O) groups excluding carboxylic acids is 1. The summed E-state index contributed by atoms with van der Waals surface area (Å²) in [6.07, 6.45) is 5.18. The summed E-state index contributed by atoms with van der Waals surface area (Å²) >= 11 is 0. The van der Waals surface area contributed by atoms with Crippen LogP contribution in [0.25, 0.3) is 22.3 Å². The minimum absolute atomic E-state index is 0.117. The van der Waals surface area contributed by atoms with E-state index in [4.69, 9.17) is 0 Å². The molecule has 0 radical (unpaired) electrons. The van der Waals surface area contributed by atoms with Crippen LogP contribution in [0.5, 0.6) is 0 Å². The van der Waals surface area contributed by atoms with Gasteiger partial charge in [0.25, 0.3) is 0 Å². The first-order valence-corrected chi connectivity index (χ1v) is 11.8. The normalized spacial score (nSPS) is 17.2. The fourth-order valence-electron chi connectivity index (χ4n) is 6.16. The first-order valence-electron chi connectivity index (χ1n) is 11.8. The van der Waals surface area contributed by atoms with Crippen molar-refractivity contribution in [1.29, 1.82) is 0 Å². The number of ketones is 1. The van der Waals surface area contributed by atoms with Crippen LogP contribution >= 0.6 is 0 Å². The average molecular weight is 409 g/mol. The fourth-order valence-corrected chi connectivity index (χ4v) is 6.16. The molecule has 0 spiro atoms. The summed E-state index contributed by atoms with van der Waals surface area (Å²) in [6, 6.07) is 13.7. The van der Waals surface area contributed by atoms with E-state index in [9.17, 15) is 4.79 Å². The average Bonchev–Trinajstić information content (AvgIpc) is 3.29. The Morgan fingerprint density at radius 1 is 0.677 bits per heavy atom. The number of hydrogen-bond acceptors (Lipinski definition) is 1. The van der Waals surface area contributed by atoms with E-state index in [2.05, 4.69) is 71.0 Å². The van der Waals surface area contributed by atoms with Crippen LogP contribution in [0, 0.1) is 33.6 Å². The van der Waals surface area contributed by atoms with Gasteiger partial charge in [0, 0.05) is 11.5 Å². The summed E-state index contributed by atoms with van der Waals surface area (Å²) in [4.78, 5) is 13.7. The minimum atomic E-state index is 0.117. The molecule has 1 atom stereocenters. The summed E-state index contributed by atoms with van der Waals surface area (Å²) in [5.41, 5.74) is 15.6. The fraction of sp³-hybridized carbons (Fsp3) is 0.367. The highest BCUT2D eigenvalue weighted by molar-refractivity contribution is 6.11. The zero-order chi connectivity index (χ0) is 21.9. The van der Waals surface area contributed by atoms with Crippen molar-refractivity contribution >= 4 is 5.78 Å². The van der Waals surface area contributed by atoms with Gasteiger partial charge in [0.2, 0.25) is 0 Å². The highest BCUT2D eigenvalue weighted by Gasteiger charge is 2.38. The van der Waals surface area contributed by atoms with Crippen molar-refractivity contribution in [1.82, 2.24) is 0 Å². The SMILES string of the molecule is CCC1Cc2c(c(-c3cc(C)cc(C)c3)c3c(c2-c2cc(C)cc(C)c2)CCC3)C1=O. The number of benzene rings is 3. The predicted molar refractivity (Wildman–Crippen MR) is 130 cm³/mol. The lowest BCUT2D eigenvalue weighted by Gasteiger charge is -2.21. The third-order valence-corrected chi connectivity index (χ3v) is 7.26. The summed E-state index contributed by atoms with van der Waals surface area (Å²) < 4.78 is 0. The van der Waals surface area contributed by atoms with Crippen LogP contribution in [0.15, 0.2) is 36.4 Å². The van der Waals surface area contributed by atoms with Crippen LogP contribution < -0.4 is 0 Å². The molecule has 0 bridgehead atoms. The van der Waals surface area contributed by atoms with E-state index in [1.807, 2.05) is 0 Å². The zero-order valence-corrected chi connectivity index (χ0v) is 19.5. The zero-order valence-electron chi connectivity index (χ0n) is 19.5. The second kappa shape index (κ2) is 7.48. The molecule has 5 rings (SSSR count). The second-order valence-corrected chi connectivity index (χ2v) is 9.84. The van der Waals surface area contributed by atoms with Crippen molar-refractivity contribution in [3.63, 3.8) is 0 Å².